The number of rotatable bonds is 8. The van der Waals surface area contributed by atoms with Crippen molar-refractivity contribution < 1.29 is 19.4 Å². The first kappa shape index (κ1) is 21.3. The molecule has 2 aromatic rings. The molecule has 3 rings (SSSR count). The van der Waals surface area contributed by atoms with Crippen LogP contribution in [-0.4, -0.2) is 85.5 Å². The maximum atomic E-state index is 12.7. The molecule has 1 aliphatic rings. The van der Waals surface area contributed by atoms with E-state index < -0.39 is 11.4 Å². The molecule has 1 aromatic heterocycles. The van der Waals surface area contributed by atoms with Crippen LogP contribution in [0.3, 0.4) is 0 Å². The van der Waals surface area contributed by atoms with Gasteiger partial charge in [-0.15, -0.1) is 0 Å². The molecule has 1 aromatic carbocycles. The summed E-state index contributed by atoms with van der Waals surface area (Å²) in [5, 5.41) is 9.83. The SMILES string of the molecule is Cc1cc2c(=O)c(C(=O)O)cn(CCN(C)C)c2cc1OCCN1CCOCC1. The number of aromatic carboxylic acids is 1. The fraction of sp³-hybridized carbons (Fsp3) is 0.524. The zero-order chi connectivity index (χ0) is 21.0. The van der Waals surface area contributed by atoms with Crippen LogP contribution < -0.4 is 10.2 Å². The molecule has 29 heavy (non-hydrogen) atoms. The lowest BCUT2D eigenvalue weighted by Crippen LogP contribution is -2.38. The number of ether oxygens (including phenoxy) is 2. The summed E-state index contributed by atoms with van der Waals surface area (Å²) in [5.41, 5.74) is 0.834. The third-order valence-electron chi connectivity index (χ3n) is 5.16. The van der Waals surface area contributed by atoms with Crippen LogP contribution in [0.5, 0.6) is 5.75 Å². The van der Waals surface area contributed by atoms with Gasteiger partial charge in [-0.3, -0.25) is 9.69 Å². The zero-order valence-electron chi connectivity index (χ0n) is 17.3. The molecule has 0 saturated carbocycles. The van der Waals surface area contributed by atoms with Gasteiger partial charge in [0.05, 0.1) is 18.7 Å². The van der Waals surface area contributed by atoms with Crippen LogP contribution in [0.4, 0.5) is 0 Å². The lowest BCUT2D eigenvalue weighted by Gasteiger charge is -2.26. The van der Waals surface area contributed by atoms with Gasteiger partial charge in [0.1, 0.15) is 17.9 Å². The minimum atomic E-state index is -1.21. The number of carbonyl (C=O) groups is 1. The van der Waals surface area contributed by atoms with Crippen LogP contribution in [0.1, 0.15) is 15.9 Å². The summed E-state index contributed by atoms with van der Waals surface area (Å²) in [7, 11) is 3.90. The van der Waals surface area contributed by atoms with Crippen LogP contribution in [0.25, 0.3) is 10.9 Å². The Hall–Kier alpha value is -2.42. The molecule has 2 heterocycles. The summed E-state index contributed by atoms with van der Waals surface area (Å²) >= 11 is 0. The molecule has 0 bridgehead atoms. The van der Waals surface area contributed by atoms with Gasteiger partial charge in [-0.05, 0) is 32.6 Å². The number of hydrogen-bond acceptors (Lipinski definition) is 6. The normalized spacial score (nSPS) is 15.2. The predicted octanol–water partition coefficient (Wildman–Crippen LogP) is 1.28. The van der Waals surface area contributed by atoms with E-state index in [1.807, 2.05) is 36.6 Å². The molecule has 0 radical (unpaired) electrons. The van der Waals surface area contributed by atoms with Crippen LogP contribution in [0, 0.1) is 6.92 Å². The largest absolute Gasteiger partial charge is 0.492 e. The van der Waals surface area contributed by atoms with Crippen molar-refractivity contribution in [3.05, 3.63) is 39.7 Å². The molecule has 0 spiro atoms. The first-order chi connectivity index (χ1) is 13.9. The number of carboxylic acid groups (broad SMARTS) is 1. The summed E-state index contributed by atoms with van der Waals surface area (Å²) in [4.78, 5) is 28.5. The van der Waals surface area contributed by atoms with Crippen LogP contribution in [0.15, 0.2) is 23.1 Å². The third kappa shape index (κ3) is 5.14. The van der Waals surface area contributed by atoms with Gasteiger partial charge >= 0.3 is 5.97 Å². The van der Waals surface area contributed by atoms with Crippen molar-refractivity contribution in [2.24, 2.45) is 0 Å². The van der Waals surface area contributed by atoms with Crippen LogP contribution in [-0.2, 0) is 11.3 Å². The van der Waals surface area contributed by atoms with E-state index in [1.165, 1.54) is 6.20 Å². The predicted molar refractivity (Wildman–Crippen MR) is 111 cm³/mol. The van der Waals surface area contributed by atoms with E-state index in [0.29, 0.717) is 29.8 Å². The van der Waals surface area contributed by atoms with Gasteiger partial charge in [-0.25, -0.2) is 4.79 Å². The highest BCUT2D eigenvalue weighted by molar-refractivity contribution is 5.93. The lowest BCUT2D eigenvalue weighted by atomic mass is 10.1. The maximum absolute atomic E-state index is 12.7. The summed E-state index contributed by atoms with van der Waals surface area (Å²) in [6, 6.07) is 3.59. The third-order valence-corrected chi connectivity index (χ3v) is 5.16. The highest BCUT2D eigenvalue weighted by atomic mass is 16.5. The number of carboxylic acids is 1. The van der Waals surface area contributed by atoms with Gasteiger partial charge < -0.3 is 24.0 Å². The number of aromatic nitrogens is 1. The Kier molecular flexibility index (Phi) is 6.89. The molecule has 0 aliphatic carbocycles. The highest BCUT2D eigenvalue weighted by Crippen LogP contribution is 2.24. The molecule has 158 valence electrons. The number of pyridine rings is 1. The molecular weight excluding hydrogens is 374 g/mol. The number of nitrogens with zero attached hydrogens (tertiary/aromatic N) is 3. The molecule has 0 unspecified atom stereocenters. The molecule has 1 N–H and O–H groups in total. The number of benzene rings is 1. The van der Waals surface area contributed by atoms with Crippen molar-refractivity contribution in [2.75, 3.05) is 60.1 Å². The van der Waals surface area contributed by atoms with E-state index >= 15 is 0 Å². The topological polar surface area (TPSA) is 84.2 Å². The fourth-order valence-corrected chi connectivity index (χ4v) is 3.44. The van der Waals surface area contributed by atoms with Crippen molar-refractivity contribution in [3.63, 3.8) is 0 Å². The second-order valence-corrected chi connectivity index (χ2v) is 7.61. The average molecular weight is 403 g/mol. The van der Waals surface area contributed by atoms with Gasteiger partial charge in [-0.1, -0.05) is 0 Å². The number of aryl methyl sites for hydroxylation is 1. The molecule has 1 fully saturated rings. The molecule has 0 atom stereocenters. The summed E-state index contributed by atoms with van der Waals surface area (Å²) < 4.78 is 13.2. The van der Waals surface area contributed by atoms with Gasteiger partial charge in [0.25, 0.3) is 0 Å². The van der Waals surface area contributed by atoms with E-state index in [9.17, 15) is 14.7 Å². The van der Waals surface area contributed by atoms with Gasteiger partial charge in [0, 0.05) is 50.4 Å². The Labute approximate surface area is 170 Å². The zero-order valence-corrected chi connectivity index (χ0v) is 17.3. The Bertz CT molecular complexity index is 932. The Morgan fingerprint density at radius 3 is 2.62 bits per heavy atom. The van der Waals surface area contributed by atoms with E-state index in [4.69, 9.17) is 9.47 Å². The Balaban J connectivity index is 1.90. The quantitative estimate of drug-likeness (QED) is 0.711. The molecule has 0 amide bonds. The van der Waals surface area contributed by atoms with Crippen molar-refractivity contribution in [2.45, 2.75) is 13.5 Å². The van der Waals surface area contributed by atoms with Crippen LogP contribution in [0.2, 0.25) is 0 Å². The van der Waals surface area contributed by atoms with E-state index in [1.54, 1.807) is 6.07 Å². The van der Waals surface area contributed by atoms with Gasteiger partial charge in [0.2, 0.25) is 5.43 Å². The van der Waals surface area contributed by atoms with E-state index in [-0.39, 0.29) is 5.56 Å². The Morgan fingerprint density at radius 2 is 1.97 bits per heavy atom. The highest BCUT2D eigenvalue weighted by Gasteiger charge is 2.17. The maximum Gasteiger partial charge on any atom is 0.341 e. The molecule has 8 nitrogen and oxygen atoms in total. The smallest absolute Gasteiger partial charge is 0.341 e. The number of hydrogen-bond donors (Lipinski definition) is 1. The lowest BCUT2D eigenvalue weighted by molar-refractivity contribution is 0.0322. The molecule has 8 heteroatoms. The van der Waals surface area contributed by atoms with Gasteiger partial charge in [0.15, 0.2) is 0 Å². The first-order valence-corrected chi connectivity index (χ1v) is 9.85. The molecule has 1 aliphatic heterocycles. The molecular formula is C21H29N3O5. The van der Waals surface area contributed by atoms with Crippen molar-refractivity contribution >= 4 is 16.9 Å². The minimum absolute atomic E-state index is 0.211. The minimum Gasteiger partial charge on any atom is -0.492 e. The monoisotopic (exact) mass is 403 g/mol. The van der Waals surface area contributed by atoms with E-state index in [0.717, 1.165) is 45.0 Å². The average Bonchev–Trinajstić information content (AvgIpc) is 2.69. The van der Waals surface area contributed by atoms with E-state index in [2.05, 4.69) is 4.90 Å². The molecule has 1 saturated heterocycles. The summed E-state index contributed by atoms with van der Waals surface area (Å²) in [6.07, 6.45) is 1.43. The number of morpholine rings is 1. The number of likely N-dealkylation sites (N-methyl/N-ethyl adjacent to an activating group) is 1. The number of fused-ring (bicyclic) bond motifs is 1. The summed E-state index contributed by atoms with van der Waals surface area (Å²) in [5.74, 6) is -0.495. The second-order valence-electron chi connectivity index (χ2n) is 7.61. The van der Waals surface area contributed by atoms with Crippen LogP contribution >= 0.6 is 0 Å². The standard InChI is InChI=1S/C21H29N3O5/c1-15-12-16-18(13-19(15)29-11-8-23-6-9-28-10-7-23)24(5-4-22(2)3)14-17(20(16)25)21(26)27/h12-14H,4-11H2,1-3H3,(H,26,27). The van der Waals surface area contributed by atoms with Crippen molar-refractivity contribution in [1.29, 1.82) is 0 Å². The second kappa shape index (κ2) is 9.39. The first-order valence-electron chi connectivity index (χ1n) is 9.85. The van der Waals surface area contributed by atoms with Crippen molar-refractivity contribution in [1.82, 2.24) is 14.4 Å². The van der Waals surface area contributed by atoms with Crippen molar-refractivity contribution in [3.8, 4) is 5.75 Å². The summed E-state index contributed by atoms with van der Waals surface area (Å²) in [6.45, 7) is 7.83. The Morgan fingerprint density at radius 1 is 1.24 bits per heavy atom. The van der Waals surface area contributed by atoms with Gasteiger partial charge in [-0.2, -0.15) is 0 Å². The fourth-order valence-electron chi connectivity index (χ4n) is 3.44.